The lowest BCUT2D eigenvalue weighted by Gasteiger charge is -2.16. The fourth-order valence-electron chi connectivity index (χ4n) is 1.95. The summed E-state index contributed by atoms with van der Waals surface area (Å²) in [5.74, 6) is 0.786. The zero-order chi connectivity index (χ0) is 17.5. The number of hydrogen-bond acceptors (Lipinski definition) is 4. The molecule has 0 aliphatic carbocycles. The van der Waals surface area contributed by atoms with Crippen LogP contribution in [-0.2, 0) is 4.79 Å². The number of carbonyl (C=O) groups excluding carboxylic acids is 1. The zero-order valence-electron chi connectivity index (χ0n) is 13.4. The van der Waals surface area contributed by atoms with Gasteiger partial charge in [-0.2, -0.15) is 5.26 Å². The lowest BCUT2D eigenvalue weighted by Crippen LogP contribution is -2.30. The van der Waals surface area contributed by atoms with Gasteiger partial charge in [0.2, 0.25) is 0 Å². The number of rotatable bonds is 6. The van der Waals surface area contributed by atoms with Gasteiger partial charge in [-0.3, -0.25) is 4.79 Å². The van der Waals surface area contributed by atoms with Crippen LogP contribution in [0, 0.1) is 11.3 Å². The molecule has 0 bridgehead atoms. The van der Waals surface area contributed by atoms with Crippen molar-refractivity contribution in [1.82, 2.24) is 0 Å². The van der Waals surface area contributed by atoms with Gasteiger partial charge in [0.1, 0.15) is 11.5 Å². The van der Waals surface area contributed by atoms with Crippen molar-refractivity contribution in [3.63, 3.8) is 0 Å². The molecule has 0 aliphatic rings. The Morgan fingerprint density at radius 2 is 2.00 bits per heavy atom. The molecule has 0 aliphatic heterocycles. The molecule has 0 saturated carbocycles. The highest BCUT2D eigenvalue weighted by atomic mass is 35.5. The highest BCUT2D eigenvalue weighted by Gasteiger charge is 2.16. The van der Waals surface area contributed by atoms with Gasteiger partial charge in [0.05, 0.1) is 23.3 Å². The molecule has 2 rings (SSSR count). The molecule has 5 nitrogen and oxygen atoms in total. The number of nitriles is 1. The zero-order valence-corrected chi connectivity index (χ0v) is 14.1. The quantitative estimate of drug-likeness (QED) is 0.859. The third-order valence-electron chi connectivity index (χ3n) is 3.17. The standard InChI is InChI=1S/C18H17ClN2O3/c1-3-23-15-7-5-14(6-8-15)21-18(22)12(2)24-17-9-4-13(11-20)10-16(17)19/h4-10,12H,3H2,1-2H3,(H,21,22)/t12-/m1/s1. The molecule has 0 unspecified atom stereocenters. The van der Waals surface area contributed by atoms with Crippen molar-refractivity contribution < 1.29 is 14.3 Å². The number of carbonyl (C=O) groups is 1. The number of benzene rings is 2. The first kappa shape index (κ1) is 17.6. The highest BCUT2D eigenvalue weighted by molar-refractivity contribution is 6.32. The van der Waals surface area contributed by atoms with Crippen LogP contribution >= 0.6 is 11.6 Å². The van der Waals surface area contributed by atoms with E-state index in [9.17, 15) is 4.79 Å². The van der Waals surface area contributed by atoms with Gasteiger partial charge >= 0.3 is 0 Å². The summed E-state index contributed by atoms with van der Waals surface area (Å²) in [5.41, 5.74) is 1.07. The van der Waals surface area contributed by atoms with E-state index in [4.69, 9.17) is 26.3 Å². The average Bonchev–Trinajstić information content (AvgIpc) is 2.58. The van der Waals surface area contributed by atoms with E-state index in [0.29, 0.717) is 23.6 Å². The summed E-state index contributed by atoms with van der Waals surface area (Å²) in [6.07, 6.45) is -0.748. The summed E-state index contributed by atoms with van der Waals surface area (Å²) < 4.78 is 10.9. The Bertz CT molecular complexity index is 754. The van der Waals surface area contributed by atoms with E-state index < -0.39 is 6.10 Å². The van der Waals surface area contributed by atoms with Crippen LogP contribution in [-0.4, -0.2) is 18.6 Å². The van der Waals surface area contributed by atoms with E-state index >= 15 is 0 Å². The van der Waals surface area contributed by atoms with Gasteiger partial charge in [0, 0.05) is 5.69 Å². The molecule has 124 valence electrons. The summed E-state index contributed by atoms with van der Waals surface area (Å²) >= 11 is 6.04. The third kappa shape index (κ3) is 4.64. The first-order valence-corrected chi connectivity index (χ1v) is 7.81. The number of halogens is 1. The van der Waals surface area contributed by atoms with Gasteiger partial charge in [-0.1, -0.05) is 11.6 Å². The van der Waals surface area contributed by atoms with Gasteiger partial charge in [-0.05, 0) is 56.3 Å². The minimum atomic E-state index is -0.748. The lowest BCUT2D eigenvalue weighted by atomic mass is 10.2. The Morgan fingerprint density at radius 3 is 2.58 bits per heavy atom. The summed E-state index contributed by atoms with van der Waals surface area (Å²) in [6.45, 7) is 4.11. The highest BCUT2D eigenvalue weighted by Crippen LogP contribution is 2.26. The normalized spacial score (nSPS) is 11.2. The van der Waals surface area contributed by atoms with E-state index in [1.807, 2.05) is 13.0 Å². The molecule has 0 radical (unpaired) electrons. The van der Waals surface area contributed by atoms with Crippen molar-refractivity contribution >= 4 is 23.2 Å². The maximum atomic E-state index is 12.2. The van der Waals surface area contributed by atoms with Crippen LogP contribution in [0.25, 0.3) is 0 Å². The first-order valence-electron chi connectivity index (χ1n) is 7.43. The van der Waals surface area contributed by atoms with Gasteiger partial charge in [-0.15, -0.1) is 0 Å². The molecular weight excluding hydrogens is 328 g/mol. The first-order chi connectivity index (χ1) is 11.5. The Labute approximate surface area is 145 Å². The van der Waals surface area contributed by atoms with E-state index in [2.05, 4.69) is 5.32 Å². The maximum absolute atomic E-state index is 12.2. The third-order valence-corrected chi connectivity index (χ3v) is 3.46. The molecule has 1 atom stereocenters. The molecule has 2 aromatic rings. The number of hydrogen-bond donors (Lipinski definition) is 1. The van der Waals surface area contributed by atoms with Gasteiger partial charge in [0.25, 0.3) is 5.91 Å². The van der Waals surface area contributed by atoms with Crippen molar-refractivity contribution in [3.05, 3.63) is 53.1 Å². The van der Waals surface area contributed by atoms with Crippen LogP contribution < -0.4 is 14.8 Å². The Hall–Kier alpha value is -2.71. The van der Waals surface area contributed by atoms with Crippen molar-refractivity contribution in [2.24, 2.45) is 0 Å². The van der Waals surface area contributed by atoms with Crippen LogP contribution in [0.5, 0.6) is 11.5 Å². The maximum Gasteiger partial charge on any atom is 0.265 e. The molecule has 24 heavy (non-hydrogen) atoms. The van der Waals surface area contributed by atoms with Gasteiger partial charge in [-0.25, -0.2) is 0 Å². The van der Waals surface area contributed by atoms with Gasteiger partial charge < -0.3 is 14.8 Å². The second-order valence-electron chi connectivity index (χ2n) is 4.96. The molecule has 1 N–H and O–H groups in total. The molecule has 6 heteroatoms. The predicted molar refractivity (Wildman–Crippen MR) is 92.5 cm³/mol. The van der Waals surface area contributed by atoms with Crippen molar-refractivity contribution in [2.75, 3.05) is 11.9 Å². The predicted octanol–water partition coefficient (Wildman–Crippen LogP) is 4.02. The molecule has 0 heterocycles. The number of ether oxygens (including phenoxy) is 2. The Balaban J connectivity index is 1.98. The SMILES string of the molecule is CCOc1ccc(NC(=O)[C@@H](C)Oc2ccc(C#N)cc2Cl)cc1. The van der Waals surface area contributed by atoms with Crippen LogP contribution in [0.2, 0.25) is 5.02 Å². The minimum absolute atomic E-state index is 0.287. The van der Waals surface area contributed by atoms with Crippen molar-refractivity contribution in [3.8, 4) is 17.6 Å². The van der Waals surface area contributed by atoms with E-state index in [1.165, 1.54) is 6.07 Å². The summed E-state index contributed by atoms with van der Waals surface area (Å²) in [7, 11) is 0. The molecule has 0 fully saturated rings. The molecule has 1 amide bonds. The Morgan fingerprint density at radius 1 is 1.29 bits per heavy atom. The monoisotopic (exact) mass is 344 g/mol. The van der Waals surface area contributed by atoms with Gasteiger partial charge in [0.15, 0.2) is 6.10 Å². The lowest BCUT2D eigenvalue weighted by molar-refractivity contribution is -0.122. The van der Waals surface area contributed by atoms with E-state index in [1.54, 1.807) is 43.3 Å². The fourth-order valence-corrected chi connectivity index (χ4v) is 2.18. The number of nitrogens with one attached hydrogen (secondary N) is 1. The second kappa shape index (κ2) is 8.23. The number of nitrogens with zero attached hydrogens (tertiary/aromatic N) is 1. The van der Waals surface area contributed by atoms with Crippen LogP contribution in [0.4, 0.5) is 5.69 Å². The van der Waals surface area contributed by atoms with Crippen LogP contribution in [0.3, 0.4) is 0 Å². The number of anilines is 1. The molecular formula is C18H17ClN2O3. The largest absolute Gasteiger partial charge is 0.494 e. The van der Waals surface area contributed by atoms with Crippen molar-refractivity contribution in [1.29, 1.82) is 5.26 Å². The molecule has 2 aromatic carbocycles. The topological polar surface area (TPSA) is 71.3 Å². The summed E-state index contributed by atoms with van der Waals surface area (Å²) in [6, 6.07) is 13.7. The molecule has 0 aromatic heterocycles. The summed E-state index contributed by atoms with van der Waals surface area (Å²) in [4.78, 5) is 12.2. The number of amides is 1. The Kier molecular flexibility index (Phi) is 6.05. The van der Waals surface area contributed by atoms with Crippen LogP contribution in [0.1, 0.15) is 19.4 Å². The van der Waals surface area contributed by atoms with E-state index in [-0.39, 0.29) is 10.9 Å². The molecule has 0 spiro atoms. The van der Waals surface area contributed by atoms with Crippen LogP contribution in [0.15, 0.2) is 42.5 Å². The summed E-state index contributed by atoms with van der Waals surface area (Å²) in [5, 5.41) is 11.9. The fraction of sp³-hybridized carbons (Fsp3) is 0.222. The second-order valence-corrected chi connectivity index (χ2v) is 5.37. The van der Waals surface area contributed by atoms with E-state index in [0.717, 1.165) is 5.75 Å². The molecule has 0 saturated heterocycles. The van der Waals surface area contributed by atoms with Crippen molar-refractivity contribution in [2.45, 2.75) is 20.0 Å². The smallest absolute Gasteiger partial charge is 0.265 e. The minimum Gasteiger partial charge on any atom is -0.494 e. The average molecular weight is 345 g/mol.